The predicted octanol–water partition coefficient (Wildman–Crippen LogP) is 7.57. The highest BCUT2D eigenvalue weighted by Crippen LogP contribution is 2.60. The molecule has 0 saturated heterocycles. The van der Waals surface area contributed by atoms with E-state index >= 15 is 0 Å². The van der Waals surface area contributed by atoms with Crippen LogP contribution in [0.2, 0.25) is 0 Å². The molecule has 0 fully saturated rings. The number of benzene rings is 4. The molecule has 12 nitrogen and oxygen atoms in total. The summed E-state index contributed by atoms with van der Waals surface area (Å²) < 4.78 is 76.9. The van der Waals surface area contributed by atoms with Gasteiger partial charge in [0.2, 0.25) is 50.2 Å². The molecule has 4 aromatic carbocycles. The lowest BCUT2D eigenvalue weighted by molar-refractivity contribution is 0.0851. The Morgan fingerprint density at radius 3 is 0.683 bits per heavy atom. The average molecular weight is 809 g/mol. The second kappa shape index (κ2) is 15.5. The van der Waals surface area contributed by atoms with E-state index in [4.69, 9.17) is 82.5 Å². The molecule has 0 aromatic heterocycles. The molecule has 0 atom stereocenters. The van der Waals surface area contributed by atoms with Crippen molar-refractivity contribution in [2.24, 2.45) is 0 Å². The van der Waals surface area contributed by atoms with Gasteiger partial charge in [-0.2, -0.15) is 0 Å². The highest BCUT2D eigenvalue weighted by molar-refractivity contribution is 5.73. The van der Waals surface area contributed by atoms with Crippen LogP contribution in [-0.2, 0) is 0 Å². The lowest BCUT2D eigenvalue weighted by atomic mass is 9.79. The van der Waals surface area contributed by atoms with Gasteiger partial charge in [0.15, 0.2) is 46.0 Å². The maximum atomic E-state index is 6.45. The third-order valence-electron chi connectivity index (χ3n) is 11.5. The quantitative estimate of drug-likeness (QED) is 0.164. The molecule has 0 N–H and O–H groups in total. The van der Waals surface area contributed by atoms with Crippen molar-refractivity contribution >= 4 is 0 Å². The van der Waals surface area contributed by atoms with E-state index in [0.717, 1.165) is 44.5 Å². The zero-order chi connectivity index (χ0) is 41.7. The monoisotopic (exact) mass is 808 g/mol. The van der Waals surface area contributed by atoms with Crippen LogP contribution in [0.25, 0.3) is 0 Å². The molecule has 60 heavy (non-hydrogen) atoms. The van der Waals surface area contributed by atoms with Crippen LogP contribution in [0.5, 0.6) is 69.0 Å². The van der Waals surface area contributed by atoms with E-state index < -0.39 is 23.7 Å². The standard InChI is InChI=1S/C48H40O12/c1-9-13-49-45-37-29-17-30-26(6)32-19-34-28(8)36-20-35-27(7)33-18-31(25(29)5)39(55-21-53-37)46(50-14-10-2)41(33)57-23-59-43(35)48(52-16-12-4)44(36)60-24-58-42(34)47(51-15-11-3)40(32)56-22-54-38(30)45/h1-4,17-20,25-28H,13-16,21-24H2,5-8H3. The Bertz CT molecular complexity index is 2120. The van der Waals surface area contributed by atoms with Crippen LogP contribution in [-0.4, -0.2) is 53.6 Å². The van der Waals surface area contributed by atoms with Crippen molar-refractivity contribution in [2.45, 2.75) is 51.4 Å². The fourth-order valence-corrected chi connectivity index (χ4v) is 8.66. The molecule has 4 heterocycles. The molecule has 8 bridgehead atoms. The summed E-state index contributed by atoms with van der Waals surface area (Å²) >= 11 is 0. The molecule has 4 aromatic rings. The van der Waals surface area contributed by atoms with Crippen molar-refractivity contribution < 1.29 is 56.8 Å². The van der Waals surface area contributed by atoms with Crippen molar-refractivity contribution in [1.82, 2.24) is 0 Å². The molecular formula is C48H40O12. The normalized spacial score (nSPS) is 19.3. The Morgan fingerprint density at radius 1 is 0.367 bits per heavy atom. The molecular weight excluding hydrogens is 769 g/mol. The van der Waals surface area contributed by atoms with Gasteiger partial charge in [-0.15, -0.1) is 25.7 Å². The SMILES string of the molecule is C#CCOc1c2c3cc4c1OCOc1c(cc5c(c1OCC#C)OCOc1c(cc6c(c1OCC#C)OCOc1c(cc(c(c1OCC#C)OCO2)C3C)C6C)C5C)C4C. The molecule has 12 heteroatoms. The van der Waals surface area contributed by atoms with Crippen LogP contribution in [0.4, 0.5) is 0 Å². The molecule has 4 aliphatic heterocycles. The van der Waals surface area contributed by atoms with Crippen LogP contribution in [0.15, 0.2) is 24.3 Å². The topological polar surface area (TPSA) is 111 Å². The fraction of sp³-hybridized carbons (Fsp3) is 0.333. The van der Waals surface area contributed by atoms with Crippen molar-refractivity contribution in [1.29, 1.82) is 0 Å². The summed E-state index contributed by atoms with van der Waals surface area (Å²) in [6.07, 6.45) is 23.1. The third-order valence-corrected chi connectivity index (χ3v) is 11.5. The van der Waals surface area contributed by atoms with Gasteiger partial charge in [-0.25, -0.2) is 0 Å². The number of ether oxygens (including phenoxy) is 12. The van der Waals surface area contributed by atoms with E-state index in [0.29, 0.717) is 69.0 Å². The highest BCUT2D eigenvalue weighted by atomic mass is 16.7. The molecule has 0 spiro atoms. The minimum Gasteiger partial charge on any atom is -0.473 e. The summed E-state index contributed by atoms with van der Waals surface area (Å²) in [5.74, 6) is 13.2. The van der Waals surface area contributed by atoms with Crippen molar-refractivity contribution in [3.8, 4) is 118 Å². The second-order valence-corrected chi connectivity index (χ2v) is 14.7. The Kier molecular flexibility index (Phi) is 9.87. The average Bonchev–Trinajstić information content (AvgIpc) is 3.24. The molecule has 1 aliphatic carbocycles. The van der Waals surface area contributed by atoms with Gasteiger partial charge in [0, 0.05) is 68.2 Å². The zero-order valence-electron chi connectivity index (χ0n) is 33.5. The van der Waals surface area contributed by atoms with Crippen molar-refractivity contribution in [3.05, 3.63) is 68.8 Å². The van der Waals surface area contributed by atoms with Gasteiger partial charge < -0.3 is 56.8 Å². The van der Waals surface area contributed by atoms with Gasteiger partial charge in [-0.1, -0.05) is 51.4 Å². The number of rotatable bonds is 8. The van der Waals surface area contributed by atoms with E-state index in [-0.39, 0.29) is 53.6 Å². The second-order valence-electron chi connectivity index (χ2n) is 14.7. The maximum Gasteiger partial charge on any atom is 0.231 e. The summed E-state index contributed by atoms with van der Waals surface area (Å²) in [6.45, 7) is 7.00. The first-order valence-corrected chi connectivity index (χ1v) is 19.4. The lowest BCUT2D eigenvalue weighted by Gasteiger charge is -2.35. The zero-order valence-corrected chi connectivity index (χ0v) is 33.5. The van der Waals surface area contributed by atoms with Crippen molar-refractivity contribution in [2.75, 3.05) is 53.6 Å². The van der Waals surface area contributed by atoms with Gasteiger partial charge in [0.25, 0.3) is 0 Å². The number of hydrogen-bond donors (Lipinski definition) is 0. The molecule has 0 amide bonds. The van der Waals surface area contributed by atoms with Gasteiger partial charge in [-0.05, 0) is 24.3 Å². The Labute approximate surface area is 348 Å². The van der Waals surface area contributed by atoms with Crippen LogP contribution in [0, 0.1) is 49.4 Å². The van der Waals surface area contributed by atoms with E-state index in [2.05, 4.69) is 75.6 Å². The van der Waals surface area contributed by atoms with Gasteiger partial charge in [-0.3, -0.25) is 0 Å². The molecule has 5 aliphatic rings. The third kappa shape index (κ3) is 5.99. The van der Waals surface area contributed by atoms with Gasteiger partial charge in [0.1, 0.15) is 26.4 Å². The predicted molar refractivity (Wildman–Crippen MR) is 218 cm³/mol. The molecule has 0 radical (unpaired) electrons. The van der Waals surface area contributed by atoms with Gasteiger partial charge >= 0.3 is 0 Å². The van der Waals surface area contributed by atoms with Crippen LogP contribution < -0.4 is 56.8 Å². The lowest BCUT2D eigenvalue weighted by Crippen LogP contribution is -2.23. The van der Waals surface area contributed by atoms with Gasteiger partial charge in [0.05, 0.1) is 0 Å². The Hall–Kier alpha value is -7.28. The van der Waals surface area contributed by atoms with E-state index in [1.807, 2.05) is 0 Å². The largest absolute Gasteiger partial charge is 0.473 e. The smallest absolute Gasteiger partial charge is 0.231 e. The summed E-state index contributed by atoms with van der Waals surface area (Å²) in [5.41, 5.74) is 6.24. The summed E-state index contributed by atoms with van der Waals surface area (Å²) in [7, 11) is 0. The Balaban J connectivity index is 1.44. The summed E-state index contributed by atoms with van der Waals surface area (Å²) in [4.78, 5) is 0. The number of hydrogen-bond acceptors (Lipinski definition) is 12. The molecule has 0 unspecified atom stereocenters. The first kappa shape index (κ1) is 38.2. The molecule has 0 saturated carbocycles. The number of terminal acetylenes is 4. The summed E-state index contributed by atoms with van der Waals surface area (Å²) in [5, 5.41) is 0. The minimum atomic E-state index is -0.408. The first-order valence-electron chi connectivity index (χ1n) is 19.4. The minimum absolute atomic E-state index is 0.0638. The first-order chi connectivity index (χ1) is 29.3. The van der Waals surface area contributed by atoms with E-state index in [1.54, 1.807) is 0 Å². The molecule has 304 valence electrons. The van der Waals surface area contributed by atoms with E-state index in [1.165, 1.54) is 0 Å². The highest BCUT2D eigenvalue weighted by Gasteiger charge is 2.40. The van der Waals surface area contributed by atoms with E-state index in [9.17, 15) is 0 Å². The fourth-order valence-electron chi connectivity index (χ4n) is 8.66. The molecule has 9 rings (SSSR count). The van der Waals surface area contributed by atoms with Crippen molar-refractivity contribution in [3.63, 3.8) is 0 Å². The Morgan fingerprint density at radius 2 is 0.533 bits per heavy atom. The maximum absolute atomic E-state index is 6.45. The van der Waals surface area contributed by atoms with Crippen LogP contribution in [0.3, 0.4) is 0 Å². The summed E-state index contributed by atoms with van der Waals surface area (Å²) in [6, 6.07) is 8.30. The van der Waals surface area contributed by atoms with Crippen LogP contribution >= 0.6 is 0 Å². The van der Waals surface area contributed by atoms with Crippen LogP contribution in [0.1, 0.15) is 95.9 Å².